The number of likely N-dealkylation sites (N-methyl/N-ethyl adjacent to an activating group) is 1. The number of carbonyl (C=O) groups excluding carboxylic acids is 1. The van der Waals surface area contributed by atoms with E-state index in [1.807, 2.05) is 13.8 Å². The van der Waals surface area contributed by atoms with Gasteiger partial charge < -0.3 is 15.7 Å². The van der Waals surface area contributed by atoms with E-state index in [-0.39, 0.29) is 10.9 Å². The van der Waals surface area contributed by atoms with Crippen molar-refractivity contribution in [2.75, 3.05) is 13.6 Å². The van der Waals surface area contributed by atoms with Crippen molar-refractivity contribution in [3.05, 3.63) is 0 Å². The molecule has 0 aliphatic carbocycles. The first-order chi connectivity index (χ1) is 8.31. The number of amides is 1. The number of thiocarbonyl (C=S) groups is 1. The van der Waals surface area contributed by atoms with Crippen molar-refractivity contribution < 1.29 is 9.90 Å². The highest BCUT2D eigenvalue weighted by molar-refractivity contribution is 7.80. The van der Waals surface area contributed by atoms with E-state index in [2.05, 4.69) is 0 Å². The van der Waals surface area contributed by atoms with Gasteiger partial charge in [-0.2, -0.15) is 0 Å². The molecule has 0 aromatic heterocycles. The lowest BCUT2D eigenvalue weighted by Crippen LogP contribution is -2.50. The minimum atomic E-state index is -0.748. The molecule has 18 heavy (non-hydrogen) atoms. The summed E-state index contributed by atoms with van der Waals surface area (Å²) in [5, 5.41) is 9.38. The molecule has 1 amide bonds. The van der Waals surface area contributed by atoms with Gasteiger partial charge in [-0.05, 0) is 19.8 Å². The smallest absolute Gasteiger partial charge is 0.235 e. The molecule has 0 aliphatic rings. The molecule has 1 atom stereocenters. The van der Waals surface area contributed by atoms with Crippen molar-refractivity contribution in [3.8, 4) is 0 Å². The van der Waals surface area contributed by atoms with Crippen LogP contribution in [0, 0.1) is 5.41 Å². The van der Waals surface area contributed by atoms with Gasteiger partial charge in [-0.3, -0.25) is 4.79 Å². The fourth-order valence-corrected chi connectivity index (χ4v) is 2.68. The molecule has 0 fully saturated rings. The number of hydrogen-bond donors (Lipinski definition) is 2. The molecule has 5 heteroatoms. The Balaban J connectivity index is 5.15. The molecule has 0 radical (unpaired) electrons. The lowest BCUT2D eigenvalue weighted by atomic mass is 9.77. The van der Waals surface area contributed by atoms with Crippen molar-refractivity contribution in [1.82, 2.24) is 4.90 Å². The molecular formula is C13H26N2O2S. The number of aliphatic hydroxyl groups excluding tert-OH is 1. The summed E-state index contributed by atoms with van der Waals surface area (Å²) < 4.78 is 0. The number of rotatable bonds is 8. The standard InChI is InChI=1S/C13H26N2O2S/c1-5-7-13(8-6-2,11(14)18)12(17)15(4)9-10(3)16/h10,16H,5-9H2,1-4H3,(H2,14,18). The average molecular weight is 274 g/mol. The quantitative estimate of drug-likeness (QED) is 0.661. The van der Waals surface area contributed by atoms with E-state index in [4.69, 9.17) is 18.0 Å². The van der Waals surface area contributed by atoms with Crippen LogP contribution in [0.5, 0.6) is 0 Å². The third-order valence-electron chi connectivity index (χ3n) is 3.12. The lowest BCUT2D eigenvalue weighted by Gasteiger charge is -2.35. The summed E-state index contributed by atoms with van der Waals surface area (Å²) in [6.45, 7) is 6.00. The van der Waals surface area contributed by atoms with Crippen LogP contribution in [0.3, 0.4) is 0 Å². The van der Waals surface area contributed by atoms with Crippen LogP contribution in [0.25, 0.3) is 0 Å². The van der Waals surface area contributed by atoms with E-state index in [1.54, 1.807) is 14.0 Å². The van der Waals surface area contributed by atoms with Crippen LogP contribution in [-0.2, 0) is 4.79 Å². The summed E-state index contributed by atoms with van der Waals surface area (Å²) in [5.74, 6) is -0.0698. The fraction of sp³-hybridized carbons (Fsp3) is 0.846. The first-order valence-corrected chi connectivity index (χ1v) is 6.96. The van der Waals surface area contributed by atoms with Crippen LogP contribution in [0.4, 0.5) is 0 Å². The zero-order valence-corrected chi connectivity index (χ0v) is 12.7. The van der Waals surface area contributed by atoms with E-state index in [0.29, 0.717) is 19.4 Å². The summed E-state index contributed by atoms with van der Waals surface area (Å²) in [6.07, 6.45) is 2.49. The van der Waals surface area contributed by atoms with Gasteiger partial charge in [0, 0.05) is 13.6 Å². The van der Waals surface area contributed by atoms with Crippen molar-refractivity contribution in [1.29, 1.82) is 0 Å². The Morgan fingerprint density at radius 2 is 1.83 bits per heavy atom. The molecule has 1 unspecified atom stereocenters. The number of hydrogen-bond acceptors (Lipinski definition) is 3. The molecule has 0 saturated heterocycles. The van der Waals surface area contributed by atoms with Crippen LogP contribution in [-0.4, -0.2) is 40.6 Å². The number of aliphatic hydroxyl groups is 1. The van der Waals surface area contributed by atoms with Crippen molar-refractivity contribution in [2.24, 2.45) is 11.1 Å². The van der Waals surface area contributed by atoms with Gasteiger partial charge >= 0.3 is 0 Å². The van der Waals surface area contributed by atoms with Crippen LogP contribution in [0.1, 0.15) is 46.5 Å². The van der Waals surface area contributed by atoms with Gasteiger partial charge in [0.1, 0.15) is 0 Å². The summed E-state index contributed by atoms with van der Waals surface area (Å²) in [5.41, 5.74) is 5.09. The Hall–Kier alpha value is -0.680. The van der Waals surface area contributed by atoms with Crippen LogP contribution < -0.4 is 5.73 Å². The first-order valence-electron chi connectivity index (χ1n) is 6.55. The molecule has 0 aliphatic heterocycles. The largest absolute Gasteiger partial charge is 0.392 e. The van der Waals surface area contributed by atoms with Crippen LogP contribution in [0.15, 0.2) is 0 Å². The van der Waals surface area contributed by atoms with E-state index in [9.17, 15) is 9.90 Å². The molecule has 0 heterocycles. The Morgan fingerprint density at radius 1 is 1.39 bits per heavy atom. The molecule has 0 saturated carbocycles. The van der Waals surface area contributed by atoms with Crippen LogP contribution >= 0.6 is 12.2 Å². The first kappa shape index (κ1) is 17.3. The molecule has 0 rings (SSSR count). The summed E-state index contributed by atoms with van der Waals surface area (Å²) in [7, 11) is 1.69. The molecule has 3 N–H and O–H groups in total. The van der Waals surface area contributed by atoms with Gasteiger partial charge in [0.15, 0.2) is 0 Å². The topological polar surface area (TPSA) is 66.6 Å². The highest BCUT2D eigenvalue weighted by Gasteiger charge is 2.41. The molecule has 4 nitrogen and oxygen atoms in total. The number of nitrogens with zero attached hydrogens (tertiary/aromatic N) is 1. The molecule has 0 bridgehead atoms. The zero-order valence-electron chi connectivity index (χ0n) is 11.9. The van der Waals surface area contributed by atoms with Gasteiger partial charge in [-0.15, -0.1) is 0 Å². The third kappa shape index (κ3) is 4.21. The maximum absolute atomic E-state index is 12.6. The maximum atomic E-state index is 12.6. The Kier molecular flexibility index (Phi) is 7.40. The normalized spacial score (nSPS) is 13.2. The second-order valence-electron chi connectivity index (χ2n) is 4.98. The van der Waals surface area contributed by atoms with Gasteiger partial charge in [0.25, 0.3) is 0 Å². The van der Waals surface area contributed by atoms with E-state index in [1.165, 1.54) is 4.90 Å². The van der Waals surface area contributed by atoms with E-state index >= 15 is 0 Å². The fourth-order valence-electron chi connectivity index (χ4n) is 2.39. The van der Waals surface area contributed by atoms with Gasteiger partial charge in [-0.1, -0.05) is 38.9 Å². The van der Waals surface area contributed by atoms with Crippen molar-refractivity contribution in [3.63, 3.8) is 0 Å². The summed E-state index contributed by atoms with van der Waals surface area (Å²) in [6, 6.07) is 0. The minimum absolute atomic E-state index is 0.0698. The molecule has 0 aromatic carbocycles. The van der Waals surface area contributed by atoms with E-state index < -0.39 is 11.5 Å². The SMILES string of the molecule is CCCC(CCC)(C(=O)N(C)CC(C)O)C(N)=S. The zero-order chi connectivity index (χ0) is 14.3. The maximum Gasteiger partial charge on any atom is 0.235 e. The van der Waals surface area contributed by atoms with E-state index in [0.717, 1.165) is 12.8 Å². The molecule has 0 spiro atoms. The molecule has 0 aromatic rings. The summed E-state index contributed by atoms with van der Waals surface area (Å²) >= 11 is 5.14. The predicted octanol–water partition coefficient (Wildman–Crippen LogP) is 1.70. The minimum Gasteiger partial charge on any atom is -0.392 e. The van der Waals surface area contributed by atoms with Gasteiger partial charge in [-0.25, -0.2) is 0 Å². The van der Waals surface area contributed by atoms with Gasteiger partial charge in [0.2, 0.25) is 5.91 Å². The highest BCUT2D eigenvalue weighted by Crippen LogP contribution is 2.32. The van der Waals surface area contributed by atoms with Crippen molar-refractivity contribution in [2.45, 2.75) is 52.6 Å². The summed E-state index contributed by atoms with van der Waals surface area (Å²) in [4.78, 5) is 14.4. The predicted molar refractivity (Wildman–Crippen MR) is 78.4 cm³/mol. The average Bonchev–Trinajstić information content (AvgIpc) is 2.26. The lowest BCUT2D eigenvalue weighted by molar-refractivity contribution is -0.138. The molecule has 106 valence electrons. The Bertz CT molecular complexity index is 287. The molecular weight excluding hydrogens is 248 g/mol. The number of carbonyl (C=O) groups is 1. The Morgan fingerprint density at radius 3 is 2.11 bits per heavy atom. The highest BCUT2D eigenvalue weighted by atomic mass is 32.1. The second-order valence-corrected chi connectivity index (χ2v) is 5.42. The van der Waals surface area contributed by atoms with Crippen molar-refractivity contribution >= 4 is 23.1 Å². The Labute approximate surface area is 116 Å². The second kappa shape index (κ2) is 7.69. The van der Waals surface area contributed by atoms with Gasteiger partial charge in [0.05, 0.1) is 16.5 Å². The number of nitrogens with two attached hydrogens (primary N) is 1. The third-order valence-corrected chi connectivity index (χ3v) is 3.51. The van der Waals surface area contributed by atoms with Crippen LogP contribution in [0.2, 0.25) is 0 Å². The monoisotopic (exact) mass is 274 g/mol.